The fourth-order valence-electron chi connectivity index (χ4n) is 12.4. The highest BCUT2D eigenvalue weighted by molar-refractivity contribution is 6.24. The van der Waals surface area contributed by atoms with E-state index >= 15 is 0 Å². The van der Waals surface area contributed by atoms with Crippen molar-refractivity contribution in [3.8, 4) is 46.3 Å². The van der Waals surface area contributed by atoms with Crippen LogP contribution in [0.25, 0.3) is 10.8 Å². The third-order valence-electron chi connectivity index (χ3n) is 18.2. The number of carbonyl (C=O) groups excluding carboxylic acids is 3. The van der Waals surface area contributed by atoms with Crippen molar-refractivity contribution in [3.05, 3.63) is 118 Å². The molecule has 6 aliphatic rings. The van der Waals surface area contributed by atoms with Crippen LogP contribution >= 0.6 is 0 Å². The second-order valence-electron chi connectivity index (χ2n) is 25.5. The van der Waals surface area contributed by atoms with Gasteiger partial charge in [0, 0.05) is 124 Å². The molecule has 2 fully saturated rings. The van der Waals surface area contributed by atoms with Crippen molar-refractivity contribution in [1.82, 2.24) is 19.5 Å². The van der Waals surface area contributed by atoms with E-state index in [2.05, 4.69) is 29.9 Å². The van der Waals surface area contributed by atoms with Crippen molar-refractivity contribution in [3.63, 3.8) is 0 Å². The average Bonchev–Trinajstić information content (AvgIpc) is 1.64. The monoisotopic (exact) mass is 1360 g/mol. The van der Waals surface area contributed by atoms with Crippen molar-refractivity contribution in [2.24, 2.45) is 28.8 Å². The second kappa shape index (κ2) is 29.6. The van der Waals surface area contributed by atoms with Crippen LogP contribution in [0.5, 0.6) is 46.3 Å². The molecule has 29 heteroatoms. The lowest BCUT2D eigenvalue weighted by atomic mass is 9.78. The van der Waals surface area contributed by atoms with Crippen LogP contribution in [0.1, 0.15) is 89.7 Å². The highest BCUT2D eigenvalue weighted by Crippen LogP contribution is 2.55. The Hall–Kier alpha value is -9.32. The molecule has 6 aliphatic heterocycles. The number of amides is 1. The Bertz CT molecular complexity index is 3800. The van der Waals surface area contributed by atoms with Gasteiger partial charge in [0.05, 0.1) is 59.5 Å². The number of Topliss-reactive ketones (excluding diaryl/α,β-unsaturated/α-hetero) is 1. The van der Waals surface area contributed by atoms with Gasteiger partial charge in [-0.1, -0.05) is 45.9 Å². The van der Waals surface area contributed by atoms with E-state index in [1.54, 1.807) is 49.4 Å². The summed E-state index contributed by atoms with van der Waals surface area (Å²) >= 11 is 0. The topological polar surface area (TPSA) is 321 Å². The summed E-state index contributed by atoms with van der Waals surface area (Å²) in [5.41, 5.74) is 0.00104. The molecule has 11 rings (SSSR count). The molecule has 1 aromatic heterocycles. The number of nitro groups is 1. The Balaban J connectivity index is 0.000000249. The summed E-state index contributed by atoms with van der Waals surface area (Å²) in [6.07, 6.45) is 2.99. The lowest BCUT2D eigenvalue weighted by Crippen LogP contribution is -2.46. The van der Waals surface area contributed by atoms with Gasteiger partial charge in [-0.05, 0) is 87.3 Å². The fourth-order valence-corrected chi connectivity index (χ4v) is 12.4. The van der Waals surface area contributed by atoms with Crippen molar-refractivity contribution < 1.29 is 95.9 Å². The molecule has 0 unspecified atom stereocenters. The number of ketones is 1. The normalized spacial score (nSPS) is 27.2. The van der Waals surface area contributed by atoms with Crippen LogP contribution in [0, 0.1) is 40.7 Å². The number of hydrogen-bond donors (Lipinski definition) is 6. The molecule has 0 spiro atoms. The Labute approximate surface area is 558 Å². The molecule has 5 aromatic rings. The molecular weight excluding hydrogens is 1270 g/mol. The third-order valence-corrected chi connectivity index (χ3v) is 18.2. The second-order valence-corrected chi connectivity index (χ2v) is 25.5. The molecule has 10 atom stereocenters. The summed E-state index contributed by atoms with van der Waals surface area (Å²) in [4.78, 5) is 59.0. The average molecular weight is 1360 g/mol. The minimum absolute atomic E-state index is 0.0356. The number of nitrogens with one attached hydrogen (secondary N) is 1. The molecule has 97 heavy (non-hydrogen) atoms. The first kappa shape index (κ1) is 72.0. The zero-order valence-corrected chi connectivity index (χ0v) is 55.7. The molecule has 1 amide bonds. The first-order valence-corrected chi connectivity index (χ1v) is 31.7. The van der Waals surface area contributed by atoms with Gasteiger partial charge in [-0.15, -0.1) is 13.2 Å². The molecule has 524 valence electrons. The van der Waals surface area contributed by atoms with Crippen LogP contribution in [-0.2, 0) is 30.3 Å². The Morgan fingerprint density at radius 2 is 1.52 bits per heavy atom. The number of rotatable bonds is 12. The van der Waals surface area contributed by atoms with E-state index in [4.69, 9.17) is 33.2 Å². The summed E-state index contributed by atoms with van der Waals surface area (Å²) in [6, 6.07) is 13.3. The third kappa shape index (κ3) is 16.4. The van der Waals surface area contributed by atoms with Crippen LogP contribution in [0.4, 0.5) is 30.4 Å². The molecule has 6 N–H and O–H groups in total. The standard InChI is InChI=1S/C43H58N4O12.C25H25F3N4O6/c1-21-12-11-13-22(2)42(55)45-33-28(20-44-47-17-15-46(9)16-18-47)37(52)30-31(38(33)53)36(51)26(6)40-32(30)41(54)43(8,59-40)57-19-14-29(56-10)23(3)39(58-27(7)48)25(5)35(50)24(4)34(21)49;1-24(15-31-14-22(32(33)34)29-23(31)38-24)16-35-18-4-2-17(3-5-18)30-12-10-20(11-13-30)36-19-6-8-21(9-7-19)37-25(26,27)28/h11-14,19-21,23-25,29,34-35,39,49-53H,15-18H2,1-10H3,(H,45,55);2-9,14,20H,10-13,15-16H2,1H3/b12-11+,19-14+,22-13-,44-20-;/t21-,23+,24+,25+,29-,34-,35+,39+,43-;24-/m01/s1. The van der Waals surface area contributed by atoms with Gasteiger partial charge in [-0.25, -0.2) is 0 Å². The largest absolute Gasteiger partial charge is 0.573 e. The molecule has 0 saturated carbocycles. The molecule has 0 aliphatic carbocycles. The van der Waals surface area contributed by atoms with Gasteiger partial charge in [0.2, 0.25) is 0 Å². The number of benzene rings is 4. The van der Waals surface area contributed by atoms with Gasteiger partial charge >= 0.3 is 29.9 Å². The summed E-state index contributed by atoms with van der Waals surface area (Å²) < 4.78 is 83.7. The molecule has 0 radical (unpaired) electrons. The molecule has 2 saturated heterocycles. The van der Waals surface area contributed by atoms with Crippen molar-refractivity contribution >= 4 is 51.8 Å². The number of ether oxygens (including phenoxy) is 8. The molecule has 7 heterocycles. The highest BCUT2D eigenvalue weighted by atomic mass is 19.4. The number of hydrazone groups is 1. The number of piperazine rings is 1. The summed E-state index contributed by atoms with van der Waals surface area (Å²) in [7, 11) is 3.42. The molecule has 4 aromatic carbocycles. The van der Waals surface area contributed by atoms with E-state index in [1.807, 2.05) is 38.2 Å². The number of imidazole rings is 1. The number of piperidine rings is 1. The predicted octanol–water partition coefficient (Wildman–Crippen LogP) is 9.30. The number of phenols is 3. The maximum Gasteiger partial charge on any atom is 0.573 e. The maximum atomic E-state index is 14.4. The van der Waals surface area contributed by atoms with E-state index in [9.17, 15) is 63.2 Å². The highest BCUT2D eigenvalue weighted by Gasteiger charge is 2.50. The number of anilines is 2. The summed E-state index contributed by atoms with van der Waals surface area (Å²) in [5, 5.41) is 77.7. The van der Waals surface area contributed by atoms with Crippen molar-refractivity contribution in [2.75, 3.05) is 70.2 Å². The zero-order chi connectivity index (χ0) is 70.6. The molecular formula is C68H83F3N8O18. The minimum atomic E-state index is -4.72. The number of phenolic OH excluding ortho intramolecular Hbond substituents is 3. The van der Waals surface area contributed by atoms with Gasteiger partial charge in [-0.2, -0.15) is 5.10 Å². The number of halogens is 3. The fraction of sp³-hybridized carbons (Fsp3) is 0.485. The maximum absolute atomic E-state index is 14.4. The van der Waals surface area contributed by atoms with E-state index in [1.165, 1.54) is 89.9 Å². The van der Waals surface area contributed by atoms with E-state index in [0.29, 0.717) is 31.1 Å². The SMILES string of the molecule is CO[C@H]1/C=C/O[C@@]2(C)Oc3c(C)c(O)c4c(O)c(c(/C=N\N5CCN(C)CC5)c(O)c4c3C2=O)NC(=O)/C(C)=C\C=C\[C@H](C)[C@H](O)[C@@H](C)[C@@H](O)[C@@H](C)[C@H](OC(C)=O)[C@@H]1C.C[C@]1(COc2ccc(N3CCC(Oc4ccc(OC(F)(F)F)cc4)CC3)cc2)Cn2cc([N+](=O)[O-])nc2O1. The number of aliphatic hydroxyl groups excluding tert-OH is 2. The van der Waals surface area contributed by atoms with E-state index in [-0.39, 0.29) is 74.8 Å². The minimum Gasteiger partial charge on any atom is -0.507 e. The smallest absolute Gasteiger partial charge is 0.507 e. The van der Waals surface area contributed by atoms with Crippen LogP contribution in [0.3, 0.4) is 0 Å². The van der Waals surface area contributed by atoms with Gasteiger partial charge in [-0.3, -0.25) is 24.0 Å². The number of aliphatic hydroxyl groups is 2. The van der Waals surface area contributed by atoms with Crippen LogP contribution < -0.4 is 33.9 Å². The summed E-state index contributed by atoms with van der Waals surface area (Å²) in [5.74, 6) is -7.70. The number of methoxy groups -OCH3 is 1. The van der Waals surface area contributed by atoms with Crippen LogP contribution in [-0.4, -0.2) is 182 Å². The lowest BCUT2D eigenvalue weighted by molar-refractivity contribution is -0.389. The number of hydrogen-bond acceptors (Lipinski definition) is 23. The van der Waals surface area contributed by atoms with E-state index < -0.39 is 106 Å². The van der Waals surface area contributed by atoms with Gasteiger partial charge in [0.25, 0.3) is 11.7 Å². The number of carbonyl (C=O) groups is 3. The van der Waals surface area contributed by atoms with Crippen LogP contribution in [0.2, 0.25) is 0 Å². The number of esters is 1. The van der Waals surface area contributed by atoms with Crippen LogP contribution in [0.15, 0.2) is 96.0 Å². The number of nitrogens with zero attached hydrogens (tertiary/aromatic N) is 7. The quantitative estimate of drug-likeness (QED) is 0.0169. The van der Waals surface area contributed by atoms with Gasteiger partial charge in [0.1, 0.15) is 59.5 Å². The number of alkyl halides is 3. The van der Waals surface area contributed by atoms with E-state index in [0.717, 1.165) is 44.7 Å². The molecule has 26 nitrogen and oxygen atoms in total. The first-order valence-electron chi connectivity index (χ1n) is 31.7. The Morgan fingerprint density at radius 1 is 0.866 bits per heavy atom. The zero-order valence-electron chi connectivity index (χ0n) is 55.7. The lowest BCUT2D eigenvalue weighted by Gasteiger charge is -2.38. The number of likely N-dealkylation sites (N-methyl/N-ethyl adjacent to an activating group) is 1. The number of fused-ring (bicyclic) bond motifs is 15. The number of allylic oxidation sites excluding steroid dienone is 2. The summed E-state index contributed by atoms with van der Waals surface area (Å²) in [6.45, 7) is 19.1. The Kier molecular flexibility index (Phi) is 21.9. The Morgan fingerprint density at radius 3 is 2.13 bits per heavy atom. The van der Waals surface area contributed by atoms with Crippen molar-refractivity contribution in [2.45, 2.75) is 130 Å². The number of aromatic hydroxyl groups is 3. The predicted molar refractivity (Wildman–Crippen MR) is 349 cm³/mol. The first-order chi connectivity index (χ1) is 45.8. The van der Waals surface area contributed by atoms with Gasteiger partial charge < -0.3 is 88.7 Å². The van der Waals surface area contributed by atoms with Crippen molar-refractivity contribution in [1.29, 1.82) is 0 Å². The molecule has 5 bridgehead atoms. The van der Waals surface area contributed by atoms with Gasteiger partial charge in [0.15, 0.2) is 11.4 Å². The number of aromatic nitrogens is 2.